The first-order valence-corrected chi connectivity index (χ1v) is 13.0. The van der Waals surface area contributed by atoms with Gasteiger partial charge in [0.2, 0.25) is 0 Å². The number of pyridine rings is 1. The van der Waals surface area contributed by atoms with Gasteiger partial charge in [0.25, 0.3) is 5.56 Å². The number of hydrogen-bond donors (Lipinski definition) is 0. The molecule has 0 aliphatic heterocycles. The van der Waals surface area contributed by atoms with Crippen molar-refractivity contribution in [1.82, 2.24) is 18.9 Å². The zero-order valence-electron chi connectivity index (χ0n) is 19.7. The minimum atomic E-state index is -0.173. The summed E-state index contributed by atoms with van der Waals surface area (Å²) in [5, 5.41) is 3.20. The third kappa shape index (κ3) is 4.69. The van der Waals surface area contributed by atoms with Gasteiger partial charge >= 0.3 is 0 Å². The van der Waals surface area contributed by atoms with Crippen LogP contribution in [0.25, 0.3) is 16.9 Å². The second-order valence-electron chi connectivity index (χ2n) is 8.27. The van der Waals surface area contributed by atoms with Crippen LogP contribution in [0.5, 0.6) is 0 Å². The van der Waals surface area contributed by atoms with Crippen LogP contribution in [0, 0.1) is 6.92 Å². The largest absolute Gasteiger partial charge is 0.316 e. The van der Waals surface area contributed by atoms with Crippen LogP contribution in [0.15, 0.2) is 88.1 Å². The number of aromatic nitrogens is 4. The molecule has 2 aromatic carbocycles. The quantitative estimate of drug-likeness (QED) is 0.260. The number of nitrogens with zero attached hydrogens (tertiary/aromatic N) is 5. The van der Waals surface area contributed by atoms with Crippen molar-refractivity contribution < 1.29 is 0 Å². The molecule has 0 unspecified atom stereocenters. The lowest BCUT2D eigenvalue weighted by atomic mass is 10.1. The van der Waals surface area contributed by atoms with E-state index in [1.54, 1.807) is 23.0 Å². The summed E-state index contributed by atoms with van der Waals surface area (Å²) in [4.78, 5) is 23.5. The highest BCUT2D eigenvalue weighted by atomic mass is 35.5. The van der Waals surface area contributed by atoms with Crippen molar-refractivity contribution in [3.8, 4) is 16.9 Å². The fraction of sp³-hybridized carbons (Fsp3) is 0.148. The van der Waals surface area contributed by atoms with E-state index in [1.165, 1.54) is 11.3 Å². The highest BCUT2D eigenvalue weighted by Crippen LogP contribution is 2.31. The lowest BCUT2D eigenvalue weighted by Crippen LogP contribution is -2.20. The van der Waals surface area contributed by atoms with Crippen LogP contribution in [-0.4, -0.2) is 18.9 Å². The molecule has 0 spiro atoms. The van der Waals surface area contributed by atoms with E-state index in [-0.39, 0.29) is 5.56 Å². The van der Waals surface area contributed by atoms with Crippen molar-refractivity contribution in [2.75, 3.05) is 0 Å². The van der Waals surface area contributed by atoms with Gasteiger partial charge in [0, 0.05) is 47.9 Å². The molecule has 0 bridgehead atoms. The number of rotatable bonds is 6. The number of aryl methyl sites for hydroxylation is 1. The average Bonchev–Trinajstić information content (AvgIpc) is 3.39. The Balaban J connectivity index is 1.67. The average molecular weight is 536 g/mol. The van der Waals surface area contributed by atoms with Gasteiger partial charge in [-0.1, -0.05) is 47.5 Å². The van der Waals surface area contributed by atoms with Crippen molar-refractivity contribution in [2.45, 2.75) is 19.9 Å². The number of hydrogen-bond acceptors (Lipinski definition) is 4. The first-order chi connectivity index (χ1) is 17.4. The van der Waals surface area contributed by atoms with E-state index in [9.17, 15) is 4.79 Å². The molecular weight excluding hydrogens is 513 g/mol. The van der Waals surface area contributed by atoms with Crippen molar-refractivity contribution in [2.24, 2.45) is 12.0 Å². The van der Waals surface area contributed by atoms with Crippen LogP contribution in [-0.2, 0) is 20.0 Å². The Morgan fingerprint density at radius 3 is 2.56 bits per heavy atom. The van der Waals surface area contributed by atoms with Crippen molar-refractivity contribution in [1.29, 1.82) is 0 Å². The monoisotopic (exact) mass is 535 g/mol. The van der Waals surface area contributed by atoms with E-state index < -0.39 is 0 Å². The van der Waals surface area contributed by atoms with Gasteiger partial charge in [0.05, 0.1) is 22.1 Å². The molecule has 0 aliphatic rings. The summed E-state index contributed by atoms with van der Waals surface area (Å²) in [5.41, 5.74) is 4.46. The Morgan fingerprint density at radius 1 is 1.03 bits per heavy atom. The summed E-state index contributed by atoms with van der Waals surface area (Å²) in [6.45, 7) is 2.51. The van der Waals surface area contributed by atoms with Gasteiger partial charge in [-0.2, -0.15) is 0 Å². The smallest absolute Gasteiger partial charge is 0.297 e. The Kier molecular flexibility index (Phi) is 6.96. The fourth-order valence-electron chi connectivity index (χ4n) is 4.10. The van der Waals surface area contributed by atoms with Crippen LogP contribution < -0.4 is 10.4 Å². The maximum Gasteiger partial charge on any atom is 0.297 e. The number of para-hydroxylation sites is 1. The number of halogens is 2. The Morgan fingerprint density at radius 2 is 1.81 bits per heavy atom. The number of thiazole rings is 1. The zero-order valence-corrected chi connectivity index (χ0v) is 22.1. The molecule has 3 heterocycles. The van der Waals surface area contributed by atoms with Gasteiger partial charge in [0.1, 0.15) is 0 Å². The topological polar surface area (TPSA) is 57.1 Å². The summed E-state index contributed by atoms with van der Waals surface area (Å²) in [6.07, 6.45) is 2.48. The van der Waals surface area contributed by atoms with Crippen molar-refractivity contribution in [3.63, 3.8) is 0 Å². The predicted octanol–water partition coefficient (Wildman–Crippen LogP) is 6.19. The summed E-state index contributed by atoms with van der Waals surface area (Å²) < 4.78 is 5.54. The first kappa shape index (κ1) is 24.3. The van der Waals surface area contributed by atoms with E-state index in [0.717, 1.165) is 28.3 Å². The van der Waals surface area contributed by atoms with E-state index in [1.807, 2.05) is 78.6 Å². The van der Waals surface area contributed by atoms with E-state index in [2.05, 4.69) is 9.55 Å². The molecule has 3 aromatic heterocycles. The van der Waals surface area contributed by atoms with Crippen LogP contribution in [0.1, 0.15) is 11.4 Å². The Bertz CT molecular complexity index is 1650. The van der Waals surface area contributed by atoms with E-state index in [4.69, 9.17) is 28.2 Å². The first-order valence-electron chi connectivity index (χ1n) is 11.4. The molecule has 0 amide bonds. The minimum absolute atomic E-state index is 0.173. The molecular formula is C27H23Cl2N5OS. The van der Waals surface area contributed by atoms with E-state index in [0.29, 0.717) is 33.5 Å². The third-order valence-electron chi connectivity index (χ3n) is 6.05. The normalized spacial score (nSPS) is 11.8. The summed E-state index contributed by atoms with van der Waals surface area (Å²) in [7, 11) is 1.86. The van der Waals surface area contributed by atoms with Crippen LogP contribution in [0.2, 0.25) is 10.0 Å². The standard InChI is InChI=1S/C27H23Cl2N5OS/c1-18-25(26(35)34(32(18)2)21-9-4-3-5-10-21)31-27-33(15-13-20-8-6-7-14-30-20)24(17-36-27)22-16-19(28)11-12-23(22)29/h3-12,14,16-17H,13,15H2,1-2H3. The number of benzene rings is 2. The van der Waals surface area contributed by atoms with Crippen LogP contribution >= 0.6 is 34.5 Å². The Labute approximate surface area is 222 Å². The lowest BCUT2D eigenvalue weighted by Gasteiger charge is -2.11. The maximum atomic E-state index is 13.5. The SMILES string of the molecule is Cc1c(N=c2scc(-c3cc(Cl)ccc3Cl)n2CCc2ccccn2)c(=O)n(-c2ccccc2)n1C. The van der Waals surface area contributed by atoms with Gasteiger partial charge in [-0.15, -0.1) is 11.3 Å². The molecule has 0 saturated carbocycles. The molecule has 5 aromatic rings. The van der Waals surface area contributed by atoms with Gasteiger partial charge in [-0.3, -0.25) is 14.5 Å². The summed E-state index contributed by atoms with van der Waals surface area (Å²) >= 11 is 14.3. The maximum absolute atomic E-state index is 13.5. The van der Waals surface area contributed by atoms with Crippen LogP contribution in [0.4, 0.5) is 5.69 Å². The lowest BCUT2D eigenvalue weighted by molar-refractivity contribution is 0.630. The van der Waals surface area contributed by atoms with Crippen LogP contribution in [0.3, 0.4) is 0 Å². The molecule has 36 heavy (non-hydrogen) atoms. The third-order valence-corrected chi connectivity index (χ3v) is 7.48. The molecule has 0 N–H and O–H groups in total. The van der Waals surface area contributed by atoms with Crippen molar-refractivity contribution in [3.05, 3.63) is 115 Å². The zero-order chi connectivity index (χ0) is 25.2. The molecule has 5 rings (SSSR count). The van der Waals surface area contributed by atoms with E-state index >= 15 is 0 Å². The minimum Gasteiger partial charge on any atom is -0.316 e. The van der Waals surface area contributed by atoms with Gasteiger partial charge in [-0.25, -0.2) is 9.67 Å². The van der Waals surface area contributed by atoms with Gasteiger partial charge in [0.15, 0.2) is 10.5 Å². The molecule has 182 valence electrons. The summed E-state index contributed by atoms with van der Waals surface area (Å²) in [5.74, 6) is 0. The molecule has 6 nitrogen and oxygen atoms in total. The highest BCUT2D eigenvalue weighted by molar-refractivity contribution is 7.07. The van der Waals surface area contributed by atoms with Gasteiger partial charge < -0.3 is 4.57 Å². The molecule has 0 atom stereocenters. The highest BCUT2D eigenvalue weighted by Gasteiger charge is 2.17. The van der Waals surface area contributed by atoms with Gasteiger partial charge in [-0.05, 0) is 49.4 Å². The molecule has 0 radical (unpaired) electrons. The second-order valence-corrected chi connectivity index (χ2v) is 9.95. The molecule has 9 heteroatoms. The van der Waals surface area contributed by atoms with Crippen molar-refractivity contribution >= 4 is 40.2 Å². The summed E-state index contributed by atoms with van der Waals surface area (Å²) in [6, 6.07) is 20.8. The fourth-order valence-corrected chi connectivity index (χ4v) is 5.41. The second kappa shape index (κ2) is 10.3. The molecule has 0 fully saturated rings. The predicted molar refractivity (Wildman–Crippen MR) is 147 cm³/mol. The molecule has 0 saturated heterocycles. The Hall–Kier alpha value is -3.39. The molecule has 0 aliphatic carbocycles.